The van der Waals surface area contributed by atoms with E-state index < -0.39 is 0 Å². The zero-order valence-electron chi connectivity index (χ0n) is 12.5. The molecule has 3 N–H and O–H groups in total. The number of ether oxygens (including phenoxy) is 1. The molecule has 4 nitrogen and oxygen atoms in total. The Kier molecular flexibility index (Phi) is 4.33. The van der Waals surface area contributed by atoms with E-state index in [-0.39, 0.29) is 23.5 Å². The first kappa shape index (κ1) is 14.9. The summed E-state index contributed by atoms with van der Waals surface area (Å²) in [6.07, 6.45) is 1.51. The molecule has 0 radical (unpaired) electrons. The maximum absolute atomic E-state index is 12.1. The number of hydrogen-bond acceptors (Lipinski definition) is 3. The molecule has 1 aromatic rings. The fourth-order valence-corrected chi connectivity index (χ4v) is 2.75. The summed E-state index contributed by atoms with van der Waals surface area (Å²) in [5.74, 6) is 0.0450. The second kappa shape index (κ2) is 5.83. The fourth-order valence-electron chi connectivity index (χ4n) is 2.75. The first-order valence-corrected chi connectivity index (χ1v) is 7.19. The van der Waals surface area contributed by atoms with Crippen LogP contribution < -0.4 is 11.1 Å². The molecular formula is C16H24N2O2. The van der Waals surface area contributed by atoms with E-state index in [1.165, 1.54) is 0 Å². The number of rotatable bonds is 5. The standard InChI is InChI=1S/C16H24N2O2/c1-4-20-14-10-13(16(14,2)3)18-15(19)9-11-6-5-7-12(17)8-11/h5-8,13-14H,4,9-10,17H2,1-3H3,(H,18,19). The smallest absolute Gasteiger partial charge is 0.224 e. The van der Waals surface area contributed by atoms with Crippen LogP contribution in [0.4, 0.5) is 5.69 Å². The van der Waals surface area contributed by atoms with E-state index in [2.05, 4.69) is 19.2 Å². The van der Waals surface area contributed by atoms with Gasteiger partial charge in [-0.25, -0.2) is 0 Å². The first-order valence-electron chi connectivity index (χ1n) is 7.19. The van der Waals surface area contributed by atoms with Crippen LogP contribution in [0, 0.1) is 5.41 Å². The second-order valence-electron chi connectivity index (χ2n) is 6.04. The van der Waals surface area contributed by atoms with Gasteiger partial charge in [0.1, 0.15) is 0 Å². The van der Waals surface area contributed by atoms with Gasteiger partial charge in [0, 0.05) is 23.8 Å². The van der Waals surface area contributed by atoms with Crippen molar-refractivity contribution in [3.05, 3.63) is 29.8 Å². The molecule has 20 heavy (non-hydrogen) atoms. The van der Waals surface area contributed by atoms with Gasteiger partial charge in [0.05, 0.1) is 12.5 Å². The van der Waals surface area contributed by atoms with E-state index in [1.807, 2.05) is 31.2 Å². The van der Waals surface area contributed by atoms with E-state index in [0.717, 1.165) is 18.6 Å². The lowest BCUT2D eigenvalue weighted by atomic mass is 9.64. The molecule has 110 valence electrons. The summed E-state index contributed by atoms with van der Waals surface area (Å²) < 4.78 is 5.67. The summed E-state index contributed by atoms with van der Waals surface area (Å²) in [4.78, 5) is 12.1. The Balaban J connectivity index is 1.87. The van der Waals surface area contributed by atoms with Crippen molar-refractivity contribution in [1.82, 2.24) is 5.32 Å². The average Bonchev–Trinajstić information content (AvgIpc) is 2.37. The van der Waals surface area contributed by atoms with E-state index in [0.29, 0.717) is 12.1 Å². The average molecular weight is 276 g/mol. The van der Waals surface area contributed by atoms with Gasteiger partial charge in [0.25, 0.3) is 0 Å². The van der Waals surface area contributed by atoms with Gasteiger partial charge in [-0.1, -0.05) is 26.0 Å². The summed E-state index contributed by atoms with van der Waals surface area (Å²) in [5.41, 5.74) is 7.36. The van der Waals surface area contributed by atoms with Crippen molar-refractivity contribution in [2.75, 3.05) is 12.3 Å². The Morgan fingerprint density at radius 1 is 1.50 bits per heavy atom. The molecule has 2 unspecified atom stereocenters. The Hall–Kier alpha value is -1.55. The SMILES string of the molecule is CCOC1CC(NC(=O)Cc2cccc(N)c2)C1(C)C. The van der Waals surface area contributed by atoms with Crippen LogP contribution in [0.2, 0.25) is 0 Å². The van der Waals surface area contributed by atoms with E-state index in [1.54, 1.807) is 0 Å². The molecule has 4 heteroatoms. The zero-order valence-corrected chi connectivity index (χ0v) is 12.5. The van der Waals surface area contributed by atoms with E-state index in [9.17, 15) is 4.79 Å². The third kappa shape index (κ3) is 3.12. The molecular weight excluding hydrogens is 252 g/mol. The third-order valence-corrected chi connectivity index (χ3v) is 4.20. The molecule has 1 saturated carbocycles. The summed E-state index contributed by atoms with van der Waals surface area (Å²) in [5, 5.41) is 3.10. The highest BCUT2D eigenvalue weighted by Gasteiger charge is 2.49. The number of nitrogens with two attached hydrogens (primary N) is 1. The Morgan fingerprint density at radius 3 is 2.85 bits per heavy atom. The number of hydrogen-bond donors (Lipinski definition) is 2. The summed E-state index contributed by atoms with van der Waals surface area (Å²) in [6, 6.07) is 7.64. The number of carbonyl (C=O) groups is 1. The molecule has 1 fully saturated rings. The summed E-state index contributed by atoms with van der Waals surface area (Å²) in [6.45, 7) is 7.00. The molecule has 0 aliphatic heterocycles. The van der Waals surface area contributed by atoms with Gasteiger partial charge in [0.2, 0.25) is 5.91 Å². The minimum atomic E-state index is 0.00137. The molecule has 1 aliphatic carbocycles. The van der Waals surface area contributed by atoms with Crippen molar-refractivity contribution in [2.24, 2.45) is 5.41 Å². The topological polar surface area (TPSA) is 64.3 Å². The van der Waals surface area contributed by atoms with Crippen molar-refractivity contribution < 1.29 is 9.53 Å². The summed E-state index contributed by atoms with van der Waals surface area (Å²) in [7, 11) is 0. The molecule has 0 aromatic heterocycles. The largest absolute Gasteiger partial charge is 0.399 e. The normalized spacial score (nSPS) is 23.9. The van der Waals surface area contributed by atoms with Crippen LogP contribution >= 0.6 is 0 Å². The molecule has 0 spiro atoms. The van der Waals surface area contributed by atoms with Crippen LogP contribution in [0.1, 0.15) is 32.8 Å². The van der Waals surface area contributed by atoms with Crippen LogP contribution in [-0.4, -0.2) is 24.7 Å². The van der Waals surface area contributed by atoms with Crippen LogP contribution in [0.25, 0.3) is 0 Å². The highest BCUT2D eigenvalue weighted by Crippen LogP contribution is 2.42. The van der Waals surface area contributed by atoms with Crippen LogP contribution in [0.3, 0.4) is 0 Å². The lowest BCUT2D eigenvalue weighted by molar-refractivity contribution is -0.136. The van der Waals surface area contributed by atoms with Gasteiger partial charge in [-0.05, 0) is 31.0 Å². The molecule has 1 aliphatic rings. The predicted molar refractivity (Wildman–Crippen MR) is 80.3 cm³/mol. The highest BCUT2D eigenvalue weighted by molar-refractivity contribution is 5.79. The minimum Gasteiger partial charge on any atom is -0.399 e. The van der Waals surface area contributed by atoms with E-state index >= 15 is 0 Å². The number of amides is 1. The monoisotopic (exact) mass is 276 g/mol. The predicted octanol–water partition coefficient (Wildman–Crippen LogP) is 2.13. The minimum absolute atomic E-state index is 0.00137. The van der Waals surface area contributed by atoms with Gasteiger partial charge >= 0.3 is 0 Å². The maximum Gasteiger partial charge on any atom is 0.224 e. The van der Waals surface area contributed by atoms with Crippen molar-refractivity contribution in [3.63, 3.8) is 0 Å². The molecule has 0 heterocycles. The Morgan fingerprint density at radius 2 is 2.25 bits per heavy atom. The number of carbonyl (C=O) groups excluding carboxylic acids is 1. The lowest BCUT2D eigenvalue weighted by Crippen LogP contribution is -2.62. The summed E-state index contributed by atoms with van der Waals surface area (Å²) >= 11 is 0. The number of anilines is 1. The van der Waals surface area contributed by atoms with Crippen molar-refractivity contribution in [1.29, 1.82) is 0 Å². The molecule has 2 rings (SSSR count). The van der Waals surface area contributed by atoms with Crippen molar-refractivity contribution in [2.45, 2.75) is 45.8 Å². The fraction of sp³-hybridized carbons (Fsp3) is 0.562. The van der Waals surface area contributed by atoms with Gasteiger partial charge in [-0.3, -0.25) is 4.79 Å². The highest BCUT2D eigenvalue weighted by atomic mass is 16.5. The molecule has 1 aromatic carbocycles. The number of benzene rings is 1. The lowest BCUT2D eigenvalue weighted by Gasteiger charge is -2.51. The maximum atomic E-state index is 12.1. The molecule has 1 amide bonds. The van der Waals surface area contributed by atoms with Gasteiger partial charge in [0.15, 0.2) is 0 Å². The molecule has 2 atom stereocenters. The number of nitrogens with one attached hydrogen (secondary N) is 1. The Bertz CT molecular complexity index is 485. The number of nitrogen functional groups attached to an aromatic ring is 1. The molecule has 0 saturated heterocycles. The van der Waals surface area contributed by atoms with Crippen molar-refractivity contribution >= 4 is 11.6 Å². The van der Waals surface area contributed by atoms with E-state index in [4.69, 9.17) is 10.5 Å². The van der Waals surface area contributed by atoms with Crippen LogP contribution in [-0.2, 0) is 16.0 Å². The van der Waals surface area contributed by atoms with Gasteiger partial charge in [-0.15, -0.1) is 0 Å². The van der Waals surface area contributed by atoms with Gasteiger partial charge < -0.3 is 15.8 Å². The quantitative estimate of drug-likeness (QED) is 0.810. The molecule has 0 bridgehead atoms. The zero-order chi connectivity index (χ0) is 14.8. The van der Waals surface area contributed by atoms with Gasteiger partial charge in [-0.2, -0.15) is 0 Å². The Labute approximate surface area is 120 Å². The second-order valence-corrected chi connectivity index (χ2v) is 6.04. The first-order chi connectivity index (χ1) is 9.43. The van der Waals surface area contributed by atoms with Crippen LogP contribution in [0.15, 0.2) is 24.3 Å². The van der Waals surface area contributed by atoms with Crippen LogP contribution in [0.5, 0.6) is 0 Å². The van der Waals surface area contributed by atoms with Crippen molar-refractivity contribution in [3.8, 4) is 0 Å². The third-order valence-electron chi connectivity index (χ3n) is 4.20.